The number of nitrogens with zero attached hydrogens (tertiary/aromatic N) is 2. The number of ether oxygens (including phenoxy) is 1. The Morgan fingerprint density at radius 3 is 3.00 bits per heavy atom. The number of amides is 1. The maximum Gasteiger partial charge on any atom is 0.338 e. The molecule has 6 heteroatoms. The number of anilines is 1. The van der Waals surface area contributed by atoms with Crippen molar-refractivity contribution < 1.29 is 14.3 Å². The number of esters is 1. The number of carbonyl (C=O) groups excluding carboxylic acids is 2. The molecule has 1 saturated heterocycles. The molecule has 2 N–H and O–H groups in total. The molecule has 0 bridgehead atoms. The van der Waals surface area contributed by atoms with Gasteiger partial charge in [-0.15, -0.1) is 0 Å². The summed E-state index contributed by atoms with van der Waals surface area (Å²) in [6.45, 7) is 0.714. The fourth-order valence-electron chi connectivity index (χ4n) is 2.16. The number of nitrogens with two attached hydrogens (primary N) is 1. The third-order valence-corrected chi connectivity index (χ3v) is 3.04. The van der Waals surface area contributed by atoms with E-state index in [1.165, 1.54) is 13.3 Å². The van der Waals surface area contributed by atoms with Crippen LogP contribution in [0.1, 0.15) is 23.2 Å². The van der Waals surface area contributed by atoms with E-state index < -0.39 is 5.97 Å². The van der Waals surface area contributed by atoms with E-state index in [1.807, 2.05) is 4.90 Å². The minimum Gasteiger partial charge on any atom is -0.465 e. The standard InChI is InChI=1S/C12H15N3O3/c1-18-12(17)8-4-5-14-10(7-8)15-6-2-3-9(15)11(13)16/h4-5,7,9H,2-3,6H2,1H3,(H2,13,16). The van der Waals surface area contributed by atoms with Crippen LogP contribution < -0.4 is 10.6 Å². The Labute approximate surface area is 105 Å². The van der Waals surface area contributed by atoms with Gasteiger partial charge in [0.05, 0.1) is 12.7 Å². The molecule has 1 aromatic rings. The normalized spacial score (nSPS) is 18.7. The highest BCUT2D eigenvalue weighted by Gasteiger charge is 2.30. The smallest absolute Gasteiger partial charge is 0.338 e. The van der Waals surface area contributed by atoms with Crippen LogP contribution in [0.5, 0.6) is 0 Å². The van der Waals surface area contributed by atoms with Gasteiger partial charge in [0.25, 0.3) is 0 Å². The zero-order chi connectivity index (χ0) is 13.1. The van der Waals surface area contributed by atoms with E-state index in [2.05, 4.69) is 9.72 Å². The molecule has 0 aliphatic carbocycles. The third-order valence-electron chi connectivity index (χ3n) is 3.04. The molecule has 18 heavy (non-hydrogen) atoms. The average Bonchev–Trinajstić information content (AvgIpc) is 2.87. The summed E-state index contributed by atoms with van der Waals surface area (Å²) in [5, 5.41) is 0. The Hall–Kier alpha value is -2.11. The fourth-order valence-corrected chi connectivity index (χ4v) is 2.16. The van der Waals surface area contributed by atoms with E-state index >= 15 is 0 Å². The van der Waals surface area contributed by atoms with Crippen molar-refractivity contribution in [1.29, 1.82) is 0 Å². The van der Waals surface area contributed by atoms with Gasteiger partial charge in [0.15, 0.2) is 0 Å². The number of aromatic nitrogens is 1. The highest BCUT2D eigenvalue weighted by molar-refractivity contribution is 5.90. The summed E-state index contributed by atoms with van der Waals surface area (Å²) in [5.41, 5.74) is 5.76. The molecular formula is C12H15N3O3. The number of carbonyl (C=O) groups is 2. The van der Waals surface area contributed by atoms with Gasteiger partial charge in [-0.3, -0.25) is 4.79 Å². The minimum atomic E-state index is -0.423. The Balaban J connectivity index is 2.28. The topological polar surface area (TPSA) is 85.5 Å². The van der Waals surface area contributed by atoms with Crippen LogP contribution in [0.3, 0.4) is 0 Å². The molecule has 0 radical (unpaired) electrons. The van der Waals surface area contributed by atoms with E-state index in [0.717, 1.165) is 12.8 Å². The summed E-state index contributed by atoms with van der Waals surface area (Å²) in [4.78, 5) is 28.8. The Morgan fingerprint density at radius 2 is 2.33 bits per heavy atom. The molecule has 0 spiro atoms. The first-order valence-electron chi connectivity index (χ1n) is 5.74. The summed E-state index contributed by atoms with van der Waals surface area (Å²) in [7, 11) is 1.32. The molecule has 96 valence electrons. The van der Waals surface area contributed by atoms with Gasteiger partial charge in [-0.2, -0.15) is 0 Å². The van der Waals surface area contributed by atoms with Crippen LogP contribution in [0, 0.1) is 0 Å². The molecule has 1 aliphatic heterocycles. The van der Waals surface area contributed by atoms with Crippen LogP contribution in [-0.2, 0) is 9.53 Å². The molecule has 0 aromatic carbocycles. The van der Waals surface area contributed by atoms with Crippen molar-refractivity contribution in [2.45, 2.75) is 18.9 Å². The number of pyridine rings is 1. The van der Waals surface area contributed by atoms with E-state index in [1.54, 1.807) is 12.1 Å². The van der Waals surface area contributed by atoms with Crippen molar-refractivity contribution in [2.75, 3.05) is 18.6 Å². The zero-order valence-electron chi connectivity index (χ0n) is 10.1. The molecule has 1 aromatic heterocycles. The lowest BCUT2D eigenvalue weighted by molar-refractivity contribution is -0.119. The van der Waals surface area contributed by atoms with E-state index in [-0.39, 0.29) is 11.9 Å². The van der Waals surface area contributed by atoms with Crippen LogP contribution in [0.25, 0.3) is 0 Å². The largest absolute Gasteiger partial charge is 0.465 e. The summed E-state index contributed by atoms with van der Waals surface area (Å²) in [6, 6.07) is 2.85. The molecule has 2 heterocycles. The zero-order valence-corrected chi connectivity index (χ0v) is 10.1. The lowest BCUT2D eigenvalue weighted by atomic mass is 10.2. The average molecular weight is 249 g/mol. The second-order valence-corrected chi connectivity index (χ2v) is 4.15. The molecule has 1 aliphatic rings. The molecule has 1 atom stereocenters. The van der Waals surface area contributed by atoms with Crippen LogP contribution in [0.2, 0.25) is 0 Å². The lowest BCUT2D eigenvalue weighted by Gasteiger charge is -2.23. The highest BCUT2D eigenvalue weighted by Crippen LogP contribution is 2.24. The number of hydrogen-bond donors (Lipinski definition) is 1. The highest BCUT2D eigenvalue weighted by atomic mass is 16.5. The number of primary amides is 1. The number of methoxy groups -OCH3 is 1. The Kier molecular flexibility index (Phi) is 3.45. The molecule has 2 rings (SSSR count). The maximum absolute atomic E-state index is 11.4. The van der Waals surface area contributed by atoms with Crippen LogP contribution >= 0.6 is 0 Å². The van der Waals surface area contributed by atoms with Gasteiger partial charge in [0.1, 0.15) is 11.9 Å². The molecule has 1 fully saturated rings. The predicted molar refractivity (Wildman–Crippen MR) is 65.1 cm³/mol. The van der Waals surface area contributed by atoms with E-state index in [9.17, 15) is 9.59 Å². The molecule has 6 nitrogen and oxygen atoms in total. The maximum atomic E-state index is 11.4. The quantitative estimate of drug-likeness (QED) is 0.780. The molecule has 1 amide bonds. The lowest BCUT2D eigenvalue weighted by Crippen LogP contribution is -2.40. The molecule has 1 unspecified atom stereocenters. The van der Waals surface area contributed by atoms with Crippen molar-refractivity contribution in [1.82, 2.24) is 4.98 Å². The van der Waals surface area contributed by atoms with Gasteiger partial charge < -0.3 is 15.4 Å². The van der Waals surface area contributed by atoms with Crippen molar-refractivity contribution in [3.05, 3.63) is 23.9 Å². The van der Waals surface area contributed by atoms with Crippen molar-refractivity contribution >= 4 is 17.7 Å². The minimum absolute atomic E-state index is 0.342. The Morgan fingerprint density at radius 1 is 1.56 bits per heavy atom. The predicted octanol–water partition coefficient (Wildman–Crippen LogP) is 0.322. The van der Waals surface area contributed by atoms with Crippen LogP contribution in [0.4, 0.5) is 5.82 Å². The van der Waals surface area contributed by atoms with Crippen molar-refractivity contribution in [2.24, 2.45) is 5.73 Å². The van der Waals surface area contributed by atoms with Crippen LogP contribution in [-0.4, -0.2) is 36.6 Å². The SMILES string of the molecule is COC(=O)c1ccnc(N2CCCC2C(N)=O)c1. The van der Waals surface area contributed by atoms with Gasteiger partial charge in [0, 0.05) is 12.7 Å². The van der Waals surface area contributed by atoms with Gasteiger partial charge in [-0.1, -0.05) is 0 Å². The fraction of sp³-hybridized carbons (Fsp3) is 0.417. The summed E-state index contributed by atoms with van der Waals surface area (Å²) in [5.74, 6) is -0.203. The Bertz CT molecular complexity index is 475. The first kappa shape index (κ1) is 12.3. The van der Waals surface area contributed by atoms with Gasteiger partial charge in [-0.05, 0) is 25.0 Å². The van der Waals surface area contributed by atoms with Gasteiger partial charge in [-0.25, -0.2) is 9.78 Å². The van der Waals surface area contributed by atoms with Crippen molar-refractivity contribution in [3.8, 4) is 0 Å². The second kappa shape index (κ2) is 5.03. The number of hydrogen-bond acceptors (Lipinski definition) is 5. The second-order valence-electron chi connectivity index (χ2n) is 4.15. The molecule has 0 saturated carbocycles. The van der Waals surface area contributed by atoms with Crippen LogP contribution in [0.15, 0.2) is 18.3 Å². The first-order chi connectivity index (χ1) is 8.63. The first-order valence-corrected chi connectivity index (χ1v) is 5.74. The number of rotatable bonds is 3. The van der Waals surface area contributed by atoms with Gasteiger partial charge >= 0.3 is 5.97 Å². The summed E-state index contributed by atoms with van der Waals surface area (Å²) < 4.78 is 4.65. The summed E-state index contributed by atoms with van der Waals surface area (Å²) in [6.07, 6.45) is 3.13. The van der Waals surface area contributed by atoms with E-state index in [4.69, 9.17) is 5.73 Å². The third kappa shape index (κ3) is 2.27. The summed E-state index contributed by atoms with van der Waals surface area (Å²) >= 11 is 0. The van der Waals surface area contributed by atoms with Gasteiger partial charge in [0.2, 0.25) is 5.91 Å². The monoisotopic (exact) mass is 249 g/mol. The molecular weight excluding hydrogens is 234 g/mol. The van der Waals surface area contributed by atoms with Crippen molar-refractivity contribution in [3.63, 3.8) is 0 Å². The van der Waals surface area contributed by atoms with E-state index in [0.29, 0.717) is 17.9 Å².